The Balaban J connectivity index is 1.84. The van der Waals surface area contributed by atoms with Crippen molar-refractivity contribution in [3.63, 3.8) is 0 Å². The third-order valence-corrected chi connectivity index (χ3v) is 5.98. The number of hydrogen-bond donors (Lipinski definition) is 1. The number of fused-ring (bicyclic) bond motifs is 3. The lowest BCUT2D eigenvalue weighted by Crippen LogP contribution is -2.26. The topological polar surface area (TPSA) is 96.2 Å². The molecule has 2 aromatic carbocycles. The average molecular weight is 466 g/mol. The number of carbonyl (C=O) groups is 1. The molecule has 2 heterocycles. The van der Waals surface area contributed by atoms with E-state index in [1.807, 2.05) is 41.0 Å². The molecule has 1 aliphatic rings. The summed E-state index contributed by atoms with van der Waals surface area (Å²) >= 11 is 0. The number of rotatable bonds is 9. The lowest BCUT2D eigenvalue weighted by atomic mass is 9.88. The second kappa shape index (κ2) is 10.0. The van der Waals surface area contributed by atoms with Gasteiger partial charge in [-0.25, -0.2) is 4.79 Å². The number of aromatic carboxylic acids is 1. The van der Waals surface area contributed by atoms with Crippen molar-refractivity contribution in [3.05, 3.63) is 75.6 Å². The fraction of sp³-hybridized carbons (Fsp3) is 0.308. The average Bonchev–Trinajstić information content (AvgIpc) is 2.85. The highest BCUT2D eigenvalue weighted by Gasteiger charge is 2.29. The quantitative estimate of drug-likeness (QED) is 0.480. The molecule has 3 aromatic rings. The Kier molecular flexibility index (Phi) is 6.88. The SMILES string of the molecule is COCCCOc1cc2c(cc1OC)-c1cc(=O)c(C(=O)O)cn1C(c1ccc(OC)cc1)C2. The van der Waals surface area contributed by atoms with Crippen LogP contribution in [-0.4, -0.2) is 50.2 Å². The van der Waals surface area contributed by atoms with Gasteiger partial charge in [-0.3, -0.25) is 4.79 Å². The number of carboxylic acids is 1. The molecule has 1 N–H and O–H groups in total. The Morgan fingerprint density at radius 2 is 1.79 bits per heavy atom. The Labute approximate surface area is 197 Å². The van der Waals surface area contributed by atoms with E-state index in [9.17, 15) is 14.7 Å². The molecule has 0 saturated carbocycles. The maximum Gasteiger partial charge on any atom is 0.341 e. The Bertz CT molecular complexity index is 1250. The zero-order chi connectivity index (χ0) is 24.2. The van der Waals surface area contributed by atoms with Gasteiger partial charge >= 0.3 is 5.97 Å². The maximum absolute atomic E-state index is 12.6. The molecule has 0 radical (unpaired) electrons. The van der Waals surface area contributed by atoms with Crippen LogP contribution in [0.25, 0.3) is 11.3 Å². The minimum absolute atomic E-state index is 0.221. The second-order valence-electron chi connectivity index (χ2n) is 8.00. The highest BCUT2D eigenvalue weighted by Crippen LogP contribution is 2.42. The first-order valence-electron chi connectivity index (χ1n) is 10.9. The van der Waals surface area contributed by atoms with E-state index in [0.717, 1.165) is 28.9 Å². The number of aromatic nitrogens is 1. The van der Waals surface area contributed by atoms with Crippen molar-refractivity contribution in [2.45, 2.75) is 18.9 Å². The first-order chi connectivity index (χ1) is 16.5. The number of methoxy groups -OCH3 is 3. The van der Waals surface area contributed by atoms with E-state index in [0.29, 0.717) is 36.8 Å². The molecule has 34 heavy (non-hydrogen) atoms. The standard InChI is InChI=1S/C26H27NO7/c1-31-9-4-10-34-25-12-17-11-21(16-5-7-18(32-2)8-6-16)27-15-20(26(29)30)23(28)14-22(27)19(17)13-24(25)33-3/h5-8,12-15,21H,4,9-11H2,1-3H3,(H,29,30). The van der Waals surface area contributed by atoms with Gasteiger partial charge in [0.1, 0.15) is 11.3 Å². The molecule has 0 aliphatic carbocycles. The Morgan fingerprint density at radius 1 is 1.03 bits per heavy atom. The van der Waals surface area contributed by atoms with E-state index in [1.165, 1.54) is 12.3 Å². The van der Waals surface area contributed by atoms with E-state index >= 15 is 0 Å². The van der Waals surface area contributed by atoms with Gasteiger partial charge in [-0.2, -0.15) is 0 Å². The molecule has 1 atom stereocenters. The summed E-state index contributed by atoms with van der Waals surface area (Å²) in [5.74, 6) is 0.629. The van der Waals surface area contributed by atoms with Gasteiger partial charge in [0.25, 0.3) is 0 Å². The maximum atomic E-state index is 12.6. The molecule has 0 saturated heterocycles. The molecule has 1 unspecified atom stereocenters. The lowest BCUT2D eigenvalue weighted by molar-refractivity contribution is 0.0694. The fourth-order valence-electron chi connectivity index (χ4n) is 4.26. The van der Waals surface area contributed by atoms with Crippen LogP contribution in [0.1, 0.15) is 33.9 Å². The van der Waals surface area contributed by atoms with Gasteiger partial charge < -0.3 is 28.6 Å². The van der Waals surface area contributed by atoms with E-state index in [-0.39, 0.29) is 11.6 Å². The number of hydrogen-bond acceptors (Lipinski definition) is 6. The minimum atomic E-state index is -1.25. The van der Waals surface area contributed by atoms with Gasteiger partial charge in [-0.15, -0.1) is 0 Å². The number of ether oxygens (including phenoxy) is 4. The van der Waals surface area contributed by atoms with E-state index < -0.39 is 11.4 Å². The molecule has 1 aliphatic heterocycles. The molecule has 0 amide bonds. The van der Waals surface area contributed by atoms with Gasteiger partial charge in [0, 0.05) is 38.0 Å². The van der Waals surface area contributed by atoms with Crippen LogP contribution in [0.3, 0.4) is 0 Å². The summed E-state index contributed by atoms with van der Waals surface area (Å²) in [6, 6.07) is 12.6. The summed E-state index contributed by atoms with van der Waals surface area (Å²) in [6.07, 6.45) is 2.75. The summed E-state index contributed by atoms with van der Waals surface area (Å²) in [5.41, 5.74) is 2.56. The number of nitrogens with zero attached hydrogens (tertiary/aromatic N) is 1. The number of benzene rings is 2. The Morgan fingerprint density at radius 3 is 2.44 bits per heavy atom. The summed E-state index contributed by atoms with van der Waals surface area (Å²) in [5, 5.41) is 9.55. The smallest absolute Gasteiger partial charge is 0.341 e. The van der Waals surface area contributed by atoms with Crippen molar-refractivity contribution in [2.75, 3.05) is 34.5 Å². The monoisotopic (exact) mass is 465 g/mol. The molecule has 0 fully saturated rings. The fourth-order valence-corrected chi connectivity index (χ4v) is 4.26. The zero-order valence-corrected chi connectivity index (χ0v) is 19.4. The van der Waals surface area contributed by atoms with Gasteiger partial charge in [0.05, 0.1) is 32.6 Å². The predicted molar refractivity (Wildman–Crippen MR) is 126 cm³/mol. The second-order valence-corrected chi connectivity index (χ2v) is 8.00. The minimum Gasteiger partial charge on any atom is -0.497 e. The van der Waals surface area contributed by atoms with Crippen LogP contribution in [0.2, 0.25) is 0 Å². The number of pyridine rings is 1. The third kappa shape index (κ3) is 4.49. The normalized spacial score (nSPS) is 14.1. The lowest BCUT2D eigenvalue weighted by Gasteiger charge is -2.32. The van der Waals surface area contributed by atoms with Crippen LogP contribution in [0, 0.1) is 0 Å². The summed E-state index contributed by atoms with van der Waals surface area (Å²) in [6.45, 7) is 1.07. The van der Waals surface area contributed by atoms with Gasteiger partial charge in [0.2, 0.25) is 0 Å². The molecule has 8 nitrogen and oxygen atoms in total. The van der Waals surface area contributed by atoms with Crippen molar-refractivity contribution < 1.29 is 28.8 Å². The molecule has 178 valence electrons. The largest absolute Gasteiger partial charge is 0.497 e. The van der Waals surface area contributed by atoms with Gasteiger partial charge in [0.15, 0.2) is 16.9 Å². The van der Waals surface area contributed by atoms with Crippen LogP contribution in [0.15, 0.2) is 53.5 Å². The summed E-state index contributed by atoms with van der Waals surface area (Å²) < 4.78 is 23.7. The highest BCUT2D eigenvalue weighted by atomic mass is 16.5. The first kappa shape index (κ1) is 23.4. The van der Waals surface area contributed by atoms with Crippen LogP contribution in [0.5, 0.6) is 17.2 Å². The van der Waals surface area contributed by atoms with Crippen molar-refractivity contribution in [3.8, 4) is 28.5 Å². The van der Waals surface area contributed by atoms with Crippen molar-refractivity contribution in [2.24, 2.45) is 0 Å². The van der Waals surface area contributed by atoms with Crippen LogP contribution in [-0.2, 0) is 11.2 Å². The molecule has 1 aromatic heterocycles. The van der Waals surface area contributed by atoms with E-state index in [2.05, 4.69) is 0 Å². The van der Waals surface area contributed by atoms with E-state index in [1.54, 1.807) is 21.3 Å². The van der Waals surface area contributed by atoms with E-state index in [4.69, 9.17) is 18.9 Å². The third-order valence-electron chi connectivity index (χ3n) is 5.98. The summed E-state index contributed by atoms with van der Waals surface area (Å²) in [4.78, 5) is 24.3. The van der Waals surface area contributed by atoms with Crippen LogP contribution >= 0.6 is 0 Å². The number of carboxylic acid groups (broad SMARTS) is 1. The molecule has 0 spiro atoms. The molecule has 8 heteroatoms. The zero-order valence-electron chi connectivity index (χ0n) is 19.4. The molecule has 0 bridgehead atoms. The predicted octanol–water partition coefficient (Wildman–Crippen LogP) is 3.79. The van der Waals surface area contributed by atoms with Crippen LogP contribution in [0.4, 0.5) is 0 Å². The Hall–Kier alpha value is -3.78. The van der Waals surface area contributed by atoms with Crippen molar-refractivity contribution >= 4 is 5.97 Å². The molecular weight excluding hydrogens is 438 g/mol. The van der Waals surface area contributed by atoms with Crippen molar-refractivity contribution in [1.82, 2.24) is 4.57 Å². The van der Waals surface area contributed by atoms with Gasteiger partial charge in [-0.05, 0) is 41.8 Å². The van der Waals surface area contributed by atoms with Crippen LogP contribution < -0.4 is 19.6 Å². The molecule has 4 rings (SSSR count). The van der Waals surface area contributed by atoms with Gasteiger partial charge in [-0.1, -0.05) is 12.1 Å². The molecular formula is C26H27NO7. The highest BCUT2D eigenvalue weighted by molar-refractivity contribution is 5.88. The van der Waals surface area contributed by atoms with Crippen molar-refractivity contribution in [1.29, 1.82) is 0 Å². The summed E-state index contributed by atoms with van der Waals surface area (Å²) in [7, 11) is 4.81. The first-order valence-corrected chi connectivity index (χ1v) is 10.9.